The number of amides is 1. The molecule has 4 heterocycles. The summed E-state index contributed by atoms with van der Waals surface area (Å²) in [5.41, 5.74) is 0.840. The molecule has 27 heavy (non-hydrogen) atoms. The second-order valence-electron chi connectivity index (χ2n) is 6.69. The van der Waals surface area contributed by atoms with Crippen LogP contribution in [0.25, 0.3) is 5.65 Å². The van der Waals surface area contributed by atoms with Crippen molar-refractivity contribution in [2.75, 3.05) is 11.9 Å². The van der Waals surface area contributed by atoms with Crippen molar-refractivity contribution in [1.82, 2.24) is 19.3 Å². The van der Waals surface area contributed by atoms with Gasteiger partial charge in [-0.05, 0) is 19.1 Å². The Kier molecular flexibility index (Phi) is 4.79. The lowest BCUT2D eigenvalue weighted by atomic mass is 10.2. The Morgan fingerprint density at radius 3 is 3.15 bits per heavy atom. The number of nitrogens with one attached hydrogen (secondary N) is 1. The zero-order valence-electron chi connectivity index (χ0n) is 15.1. The fraction of sp³-hybridized carbons (Fsp3) is 0.389. The summed E-state index contributed by atoms with van der Waals surface area (Å²) in [5, 5.41) is 2.83. The number of pyridine rings is 1. The van der Waals surface area contributed by atoms with Gasteiger partial charge in [-0.3, -0.25) is 14.1 Å². The number of fused-ring (bicyclic) bond motifs is 1. The number of imidazole rings is 1. The molecule has 7 nitrogen and oxygen atoms in total. The van der Waals surface area contributed by atoms with Crippen LogP contribution in [0.4, 0.5) is 9.52 Å². The van der Waals surface area contributed by atoms with Gasteiger partial charge in [0.05, 0.1) is 4.88 Å². The van der Waals surface area contributed by atoms with Gasteiger partial charge < -0.3 is 10.1 Å². The molecular formula is C18H20FN5O2S. The van der Waals surface area contributed by atoms with Gasteiger partial charge in [0.15, 0.2) is 11.0 Å². The molecule has 4 rings (SSSR count). The minimum atomic E-state index is -0.525. The Morgan fingerprint density at radius 2 is 2.33 bits per heavy atom. The van der Waals surface area contributed by atoms with E-state index in [1.165, 1.54) is 18.3 Å². The third kappa shape index (κ3) is 3.79. The molecule has 1 fully saturated rings. The van der Waals surface area contributed by atoms with Crippen LogP contribution < -0.4 is 10.1 Å². The normalized spacial score (nSPS) is 20.3. The summed E-state index contributed by atoms with van der Waals surface area (Å²) >= 11 is 1.17. The standard InChI is InChI=1S/C18H20FN5O2S/c1-11-8-13(26-16-5-3-4-15-20-6-7-24(15)16)9-23(11)10-14-17(19)22-18(27-14)21-12(2)25/h3-7,11,13H,8-10H2,1-2H3,(H,21,22,25). The van der Waals surface area contributed by atoms with Crippen molar-refractivity contribution in [2.24, 2.45) is 0 Å². The van der Waals surface area contributed by atoms with E-state index in [1.54, 1.807) is 6.20 Å². The highest BCUT2D eigenvalue weighted by Crippen LogP contribution is 2.29. The minimum absolute atomic E-state index is 0.0128. The maximum atomic E-state index is 14.1. The second kappa shape index (κ2) is 7.24. The summed E-state index contributed by atoms with van der Waals surface area (Å²) in [5.74, 6) is -0.0311. The van der Waals surface area contributed by atoms with Crippen LogP contribution in [0.2, 0.25) is 0 Å². The fourth-order valence-corrected chi connectivity index (χ4v) is 4.27. The number of ether oxygens (including phenoxy) is 1. The molecule has 1 saturated heterocycles. The van der Waals surface area contributed by atoms with Crippen LogP contribution >= 0.6 is 11.3 Å². The third-order valence-electron chi connectivity index (χ3n) is 4.62. The van der Waals surface area contributed by atoms with Gasteiger partial charge in [0.1, 0.15) is 11.8 Å². The Balaban J connectivity index is 1.43. The predicted molar refractivity (Wildman–Crippen MR) is 100 cm³/mol. The molecule has 0 radical (unpaired) electrons. The molecule has 0 spiro atoms. The zero-order chi connectivity index (χ0) is 19.0. The van der Waals surface area contributed by atoms with E-state index >= 15 is 0 Å². The Labute approximate surface area is 159 Å². The van der Waals surface area contributed by atoms with Gasteiger partial charge >= 0.3 is 0 Å². The first kappa shape index (κ1) is 17.9. The van der Waals surface area contributed by atoms with Gasteiger partial charge in [-0.15, -0.1) is 0 Å². The van der Waals surface area contributed by atoms with Crippen LogP contribution in [0.3, 0.4) is 0 Å². The second-order valence-corrected chi connectivity index (χ2v) is 7.77. The molecule has 0 aromatic carbocycles. The Morgan fingerprint density at radius 1 is 1.48 bits per heavy atom. The lowest BCUT2D eigenvalue weighted by Gasteiger charge is -2.19. The highest BCUT2D eigenvalue weighted by atomic mass is 32.1. The molecule has 9 heteroatoms. The average molecular weight is 389 g/mol. The third-order valence-corrected chi connectivity index (χ3v) is 5.55. The number of nitrogens with zero attached hydrogens (tertiary/aromatic N) is 4. The minimum Gasteiger partial charge on any atom is -0.474 e. The molecule has 0 aliphatic carbocycles. The van der Waals surface area contributed by atoms with Gasteiger partial charge in [0.2, 0.25) is 11.9 Å². The number of halogens is 1. The number of anilines is 1. The van der Waals surface area contributed by atoms with Crippen molar-refractivity contribution in [3.05, 3.63) is 41.4 Å². The highest BCUT2D eigenvalue weighted by Gasteiger charge is 2.32. The number of rotatable bonds is 5. The maximum Gasteiger partial charge on any atom is 0.230 e. The van der Waals surface area contributed by atoms with Gasteiger partial charge in [0, 0.05) is 44.9 Å². The molecular weight excluding hydrogens is 369 g/mol. The molecule has 0 bridgehead atoms. The van der Waals surface area contributed by atoms with Crippen LogP contribution in [0.15, 0.2) is 30.6 Å². The number of aromatic nitrogens is 3. The van der Waals surface area contributed by atoms with Crippen molar-refractivity contribution in [3.63, 3.8) is 0 Å². The monoisotopic (exact) mass is 389 g/mol. The van der Waals surface area contributed by atoms with Crippen molar-refractivity contribution < 1.29 is 13.9 Å². The van der Waals surface area contributed by atoms with Crippen LogP contribution in [0.5, 0.6) is 5.88 Å². The maximum absolute atomic E-state index is 14.1. The summed E-state index contributed by atoms with van der Waals surface area (Å²) in [4.78, 5) is 21.9. The van der Waals surface area contributed by atoms with Crippen molar-refractivity contribution in [2.45, 2.75) is 39.0 Å². The summed E-state index contributed by atoms with van der Waals surface area (Å²) in [6, 6.07) is 6.02. The van der Waals surface area contributed by atoms with Crippen LogP contribution in [0, 0.1) is 5.95 Å². The lowest BCUT2D eigenvalue weighted by molar-refractivity contribution is -0.114. The largest absolute Gasteiger partial charge is 0.474 e. The quantitative estimate of drug-likeness (QED) is 0.726. The Bertz CT molecular complexity index is 972. The summed E-state index contributed by atoms with van der Waals surface area (Å²) in [6.07, 6.45) is 4.48. The Hall–Kier alpha value is -2.52. The molecule has 3 aromatic rings. The van der Waals surface area contributed by atoms with Gasteiger partial charge in [-0.2, -0.15) is 9.37 Å². The molecule has 2 unspecified atom stereocenters. The predicted octanol–water partition coefficient (Wildman–Crippen LogP) is 2.93. The number of carbonyl (C=O) groups is 1. The zero-order valence-corrected chi connectivity index (χ0v) is 15.9. The molecule has 1 aliphatic rings. The number of hydrogen-bond donors (Lipinski definition) is 1. The average Bonchev–Trinajstić information content (AvgIpc) is 3.29. The molecule has 0 saturated carbocycles. The number of thiazole rings is 1. The molecule has 1 amide bonds. The first-order valence-electron chi connectivity index (χ1n) is 8.75. The molecule has 2 atom stereocenters. The highest BCUT2D eigenvalue weighted by molar-refractivity contribution is 7.15. The van der Waals surface area contributed by atoms with Crippen LogP contribution in [-0.2, 0) is 11.3 Å². The first-order chi connectivity index (χ1) is 13.0. The smallest absolute Gasteiger partial charge is 0.230 e. The van der Waals surface area contributed by atoms with E-state index in [4.69, 9.17) is 4.74 Å². The molecule has 142 valence electrons. The summed E-state index contributed by atoms with van der Waals surface area (Å²) in [6.45, 7) is 4.62. The van der Waals surface area contributed by atoms with E-state index in [9.17, 15) is 9.18 Å². The fourth-order valence-electron chi connectivity index (χ4n) is 3.36. The van der Waals surface area contributed by atoms with Crippen molar-refractivity contribution in [3.8, 4) is 5.88 Å². The first-order valence-corrected chi connectivity index (χ1v) is 9.57. The van der Waals surface area contributed by atoms with Crippen molar-refractivity contribution in [1.29, 1.82) is 0 Å². The van der Waals surface area contributed by atoms with Crippen molar-refractivity contribution >= 4 is 28.0 Å². The van der Waals surface area contributed by atoms with E-state index in [0.29, 0.717) is 23.1 Å². The van der Waals surface area contributed by atoms with Gasteiger partial charge in [-0.25, -0.2) is 4.98 Å². The summed E-state index contributed by atoms with van der Waals surface area (Å²) < 4.78 is 22.2. The van der Waals surface area contributed by atoms with Crippen LogP contribution in [-0.4, -0.2) is 43.9 Å². The van der Waals surface area contributed by atoms with E-state index in [1.807, 2.05) is 28.8 Å². The SMILES string of the molecule is CC(=O)Nc1nc(F)c(CN2CC(Oc3cccc4nccn34)CC2C)s1. The number of hydrogen-bond acceptors (Lipinski definition) is 6. The van der Waals surface area contributed by atoms with E-state index in [-0.39, 0.29) is 18.1 Å². The molecule has 3 aromatic heterocycles. The lowest BCUT2D eigenvalue weighted by Crippen LogP contribution is -2.28. The van der Waals surface area contributed by atoms with E-state index < -0.39 is 5.95 Å². The van der Waals surface area contributed by atoms with Crippen LogP contribution in [0.1, 0.15) is 25.1 Å². The molecule has 1 N–H and O–H groups in total. The van der Waals surface area contributed by atoms with E-state index in [0.717, 1.165) is 17.9 Å². The number of likely N-dealkylation sites (tertiary alicyclic amines) is 1. The summed E-state index contributed by atoms with van der Waals surface area (Å²) in [7, 11) is 0. The molecule has 1 aliphatic heterocycles. The van der Waals surface area contributed by atoms with E-state index in [2.05, 4.69) is 27.1 Å². The number of carbonyl (C=O) groups excluding carboxylic acids is 1. The van der Waals surface area contributed by atoms with Gasteiger partial charge in [-0.1, -0.05) is 17.4 Å². The topological polar surface area (TPSA) is 71.8 Å². The van der Waals surface area contributed by atoms with Gasteiger partial charge in [0.25, 0.3) is 0 Å².